The number of hydrogen-bond acceptors (Lipinski definition) is 4. The lowest BCUT2D eigenvalue weighted by atomic mass is 10.1. The van der Waals surface area contributed by atoms with Gasteiger partial charge in [0, 0.05) is 19.2 Å². The summed E-state index contributed by atoms with van der Waals surface area (Å²) in [7, 11) is 0. The fraction of sp³-hybridized carbons (Fsp3) is 0.385. The van der Waals surface area contributed by atoms with Crippen LogP contribution in [0.15, 0.2) is 30.3 Å². The number of nitro benzene ring substituents is 1. The average Bonchev–Trinajstić information content (AvgIpc) is 2.38. The molecule has 0 bridgehead atoms. The van der Waals surface area contributed by atoms with Gasteiger partial charge in [0.25, 0.3) is 5.69 Å². The predicted molar refractivity (Wildman–Crippen MR) is 71.3 cm³/mol. The van der Waals surface area contributed by atoms with Crippen molar-refractivity contribution in [1.82, 2.24) is 4.90 Å². The highest BCUT2D eigenvalue weighted by Gasteiger charge is 2.09. The normalized spacial score (nSPS) is 11.3. The van der Waals surface area contributed by atoms with Crippen LogP contribution in [-0.2, 0) is 0 Å². The lowest BCUT2D eigenvalue weighted by Crippen LogP contribution is -2.26. The number of para-hydroxylation sites is 1. The van der Waals surface area contributed by atoms with E-state index in [9.17, 15) is 10.1 Å². The smallest absolute Gasteiger partial charge is 0.276 e. The Hall–Kier alpha value is -1.72. The van der Waals surface area contributed by atoms with Gasteiger partial charge in [-0.3, -0.25) is 15.0 Å². The SMILES string of the molecule is CCN(C/C=C/c1ccccc1[N+](=O)[O-])CCO. The van der Waals surface area contributed by atoms with E-state index < -0.39 is 0 Å². The maximum atomic E-state index is 10.8. The molecular weight excluding hydrogens is 232 g/mol. The van der Waals surface area contributed by atoms with Gasteiger partial charge < -0.3 is 5.11 Å². The molecule has 0 aliphatic heterocycles. The highest BCUT2D eigenvalue weighted by atomic mass is 16.6. The standard InChI is InChI=1S/C13H18N2O3/c1-2-14(10-11-16)9-5-7-12-6-3-4-8-13(12)15(17)18/h3-8,16H,2,9-11H2,1H3/b7-5+. The molecule has 0 heterocycles. The molecule has 1 aromatic carbocycles. The van der Waals surface area contributed by atoms with Gasteiger partial charge in [-0.1, -0.05) is 31.2 Å². The maximum Gasteiger partial charge on any atom is 0.276 e. The van der Waals surface area contributed by atoms with Crippen molar-refractivity contribution in [3.8, 4) is 0 Å². The molecule has 98 valence electrons. The lowest BCUT2D eigenvalue weighted by Gasteiger charge is -2.16. The first-order valence-corrected chi connectivity index (χ1v) is 5.92. The second-order valence-electron chi connectivity index (χ2n) is 3.84. The minimum Gasteiger partial charge on any atom is -0.395 e. The Morgan fingerprint density at radius 1 is 1.44 bits per heavy atom. The van der Waals surface area contributed by atoms with Crippen LogP contribution >= 0.6 is 0 Å². The number of likely N-dealkylation sites (N-methyl/N-ethyl adjacent to an activating group) is 1. The Morgan fingerprint density at radius 2 is 2.17 bits per heavy atom. The molecule has 1 N–H and O–H groups in total. The van der Waals surface area contributed by atoms with Crippen molar-refractivity contribution in [3.05, 3.63) is 46.0 Å². The molecule has 0 unspecified atom stereocenters. The summed E-state index contributed by atoms with van der Waals surface area (Å²) >= 11 is 0. The molecule has 0 amide bonds. The molecule has 1 rings (SSSR count). The first kappa shape index (κ1) is 14.3. The van der Waals surface area contributed by atoms with Crippen molar-refractivity contribution in [2.45, 2.75) is 6.92 Å². The zero-order valence-corrected chi connectivity index (χ0v) is 10.5. The minimum absolute atomic E-state index is 0.110. The summed E-state index contributed by atoms with van der Waals surface area (Å²) in [6, 6.07) is 6.64. The maximum absolute atomic E-state index is 10.8. The van der Waals surface area contributed by atoms with Gasteiger partial charge in [0.2, 0.25) is 0 Å². The fourth-order valence-corrected chi connectivity index (χ4v) is 1.64. The Kier molecular flexibility index (Phi) is 6.04. The molecule has 18 heavy (non-hydrogen) atoms. The summed E-state index contributed by atoms with van der Waals surface area (Å²) in [4.78, 5) is 12.5. The first-order valence-electron chi connectivity index (χ1n) is 5.92. The van der Waals surface area contributed by atoms with Crippen LogP contribution in [-0.4, -0.2) is 41.2 Å². The van der Waals surface area contributed by atoms with E-state index in [0.717, 1.165) is 6.54 Å². The molecule has 5 heteroatoms. The topological polar surface area (TPSA) is 66.6 Å². The van der Waals surface area contributed by atoms with Crippen LogP contribution in [0.5, 0.6) is 0 Å². The molecule has 1 aromatic rings. The van der Waals surface area contributed by atoms with E-state index in [0.29, 0.717) is 18.7 Å². The van der Waals surface area contributed by atoms with E-state index in [1.54, 1.807) is 24.3 Å². The van der Waals surface area contributed by atoms with Gasteiger partial charge >= 0.3 is 0 Å². The number of aliphatic hydroxyl groups is 1. The number of nitrogens with zero attached hydrogens (tertiary/aromatic N) is 2. The van der Waals surface area contributed by atoms with Gasteiger partial charge in [-0.25, -0.2) is 0 Å². The molecule has 0 aliphatic rings. The summed E-state index contributed by atoms with van der Waals surface area (Å²) < 4.78 is 0. The minimum atomic E-state index is -0.384. The van der Waals surface area contributed by atoms with Crippen LogP contribution in [0.3, 0.4) is 0 Å². The molecular formula is C13H18N2O3. The largest absolute Gasteiger partial charge is 0.395 e. The van der Waals surface area contributed by atoms with Gasteiger partial charge in [0.15, 0.2) is 0 Å². The van der Waals surface area contributed by atoms with Crippen LogP contribution in [0, 0.1) is 10.1 Å². The molecule has 0 saturated heterocycles. The van der Waals surface area contributed by atoms with Crippen LogP contribution in [0.25, 0.3) is 6.08 Å². The number of aliphatic hydroxyl groups excluding tert-OH is 1. The molecule has 0 aromatic heterocycles. The average molecular weight is 250 g/mol. The molecule has 0 spiro atoms. The van der Waals surface area contributed by atoms with Crippen LogP contribution in [0.2, 0.25) is 0 Å². The zero-order chi connectivity index (χ0) is 13.4. The summed E-state index contributed by atoms with van der Waals surface area (Å²) in [6.07, 6.45) is 3.62. The molecule has 0 radical (unpaired) electrons. The van der Waals surface area contributed by atoms with Crippen LogP contribution in [0.1, 0.15) is 12.5 Å². The van der Waals surface area contributed by atoms with Crippen molar-refractivity contribution in [1.29, 1.82) is 0 Å². The molecule has 0 atom stereocenters. The van der Waals surface area contributed by atoms with E-state index in [4.69, 9.17) is 5.11 Å². The van der Waals surface area contributed by atoms with Gasteiger partial charge in [-0.2, -0.15) is 0 Å². The van der Waals surface area contributed by atoms with Crippen molar-refractivity contribution in [3.63, 3.8) is 0 Å². The fourth-order valence-electron chi connectivity index (χ4n) is 1.64. The van der Waals surface area contributed by atoms with Crippen molar-refractivity contribution >= 4 is 11.8 Å². The van der Waals surface area contributed by atoms with Crippen LogP contribution in [0.4, 0.5) is 5.69 Å². The van der Waals surface area contributed by atoms with Gasteiger partial charge in [0.05, 0.1) is 17.1 Å². The van der Waals surface area contributed by atoms with Crippen LogP contribution < -0.4 is 0 Å². The molecule has 5 nitrogen and oxygen atoms in total. The number of hydrogen-bond donors (Lipinski definition) is 1. The Labute approximate surface area is 107 Å². The first-order chi connectivity index (χ1) is 8.69. The zero-order valence-electron chi connectivity index (χ0n) is 10.5. The summed E-state index contributed by atoms with van der Waals surface area (Å²) in [5, 5.41) is 19.7. The van der Waals surface area contributed by atoms with Crippen molar-refractivity contribution in [2.75, 3.05) is 26.2 Å². The van der Waals surface area contributed by atoms with E-state index in [1.807, 2.05) is 17.9 Å². The molecule has 0 aliphatic carbocycles. The third kappa shape index (κ3) is 4.27. The predicted octanol–water partition coefficient (Wildman–Crippen LogP) is 1.92. The van der Waals surface area contributed by atoms with Crippen molar-refractivity contribution in [2.24, 2.45) is 0 Å². The summed E-state index contributed by atoms with van der Waals surface area (Å²) in [6.45, 7) is 4.24. The summed E-state index contributed by atoms with van der Waals surface area (Å²) in [5.41, 5.74) is 0.710. The Balaban J connectivity index is 2.69. The van der Waals surface area contributed by atoms with Crippen molar-refractivity contribution < 1.29 is 10.0 Å². The Bertz CT molecular complexity index is 418. The highest BCUT2D eigenvalue weighted by Crippen LogP contribution is 2.18. The quantitative estimate of drug-likeness (QED) is 0.593. The summed E-state index contributed by atoms with van der Waals surface area (Å²) in [5.74, 6) is 0. The van der Waals surface area contributed by atoms with E-state index >= 15 is 0 Å². The Morgan fingerprint density at radius 3 is 2.78 bits per heavy atom. The third-order valence-corrected chi connectivity index (χ3v) is 2.66. The van der Waals surface area contributed by atoms with Gasteiger partial charge in [-0.05, 0) is 12.6 Å². The number of benzene rings is 1. The van der Waals surface area contributed by atoms with E-state index in [2.05, 4.69) is 0 Å². The highest BCUT2D eigenvalue weighted by molar-refractivity contribution is 5.60. The lowest BCUT2D eigenvalue weighted by molar-refractivity contribution is -0.385. The second-order valence-corrected chi connectivity index (χ2v) is 3.84. The number of nitro groups is 1. The monoisotopic (exact) mass is 250 g/mol. The second kappa shape index (κ2) is 7.58. The third-order valence-electron chi connectivity index (χ3n) is 2.66. The van der Waals surface area contributed by atoms with Gasteiger partial charge in [-0.15, -0.1) is 0 Å². The van der Waals surface area contributed by atoms with E-state index in [1.165, 1.54) is 6.07 Å². The molecule has 0 fully saturated rings. The van der Waals surface area contributed by atoms with E-state index in [-0.39, 0.29) is 17.2 Å². The number of rotatable bonds is 7. The molecule has 0 saturated carbocycles. The van der Waals surface area contributed by atoms with Gasteiger partial charge in [0.1, 0.15) is 0 Å².